The Balaban J connectivity index is 1.19. The summed E-state index contributed by atoms with van der Waals surface area (Å²) in [6.45, 7) is 5.29. The molecule has 2 aromatic carbocycles. The fourth-order valence-corrected chi connectivity index (χ4v) is 5.75. The Bertz CT molecular complexity index is 1510. The molecule has 39 heavy (non-hydrogen) atoms. The first-order valence-electron chi connectivity index (χ1n) is 13.5. The summed E-state index contributed by atoms with van der Waals surface area (Å²) in [7, 11) is 0. The molecule has 3 aromatic rings. The Kier molecular flexibility index (Phi) is 6.32. The van der Waals surface area contributed by atoms with E-state index >= 15 is 0 Å². The maximum atomic E-state index is 13.6. The number of amides is 1. The number of carbonyl (C=O) groups excluding carboxylic acids is 2. The molecule has 202 valence electrons. The largest absolute Gasteiger partial charge is 0.493 e. The first kappa shape index (κ1) is 25.1. The maximum absolute atomic E-state index is 13.6. The summed E-state index contributed by atoms with van der Waals surface area (Å²) in [6.07, 6.45) is 5.87. The van der Waals surface area contributed by atoms with Crippen molar-refractivity contribution in [1.82, 2.24) is 9.47 Å². The predicted octanol–water partition coefficient (Wildman–Crippen LogP) is 5.07. The molecule has 0 atom stereocenters. The lowest BCUT2D eigenvalue weighted by atomic mass is 9.82. The maximum Gasteiger partial charge on any atom is 0.254 e. The quantitative estimate of drug-likeness (QED) is 0.207. The van der Waals surface area contributed by atoms with Crippen LogP contribution in [-0.4, -0.2) is 52.2 Å². The normalized spacial score (nSPS) is 19.0. The molecule has 6 rings (SSSR count). The minimum absolute atomic E-state index is 0.0205. The average molecular weight is 529 g/mol. The van der Waals surface area contributed by atoms with Crippen LogP contribution < -0.4 is 15.3 Å². The molecule has 2 N–H and O–H groups in total. The molecule has 0 unspecified atom stereocenters. The highest BCUT2D eigenvalue weighted by Gasteiger charge is 2.44. The van der Waals surface area contributed by atoms with Crippen LogP contribution in [0, 0.1) is 0 Å². The number of Topliss-reactive ketones (excluding diaryl/α,β-unsaturated/α-hetero) is 1. The summed E-state index contributed by atoms with van der Waals surface area (Å²) < 4.78 is 14.6. The van der Waals surface area contributed by atoms with Gasteiger partial charge in [0.2, 0.25) is 0 Å². The highest BCUT2D eigenvalue weighted by molar-refractivity contribution is 6.05. The van der Waals surface area contributed by atoms with Gasteiger partial charge in [-0.2, -0.15) is 0 Å². The van der Waals surface area contributed by atoms with E-state index in [1.807, 2.05) is 30.0 Å². The van der Waals surface area contributed by atoms with E-state index in [4.69, 9.17) is 15.3 Å². The minimum Gasteiger partial charge on any atom is -0.493 e. The Hall–Kier alpha value is -4.21. The number of likely N-dealkylation sites (tertiary alicyclic amines) is 1. The number of aromatic nitrogens is 1. The van der Waals surface area contributed by atoms with Gasteiger partial charge in [0.15, 0.2) is 5.78 Å². The molecule has 10 nitrogen and oxygen atoms in total. The molecule has 0 bridgehead atoms. The second-order valence-electron chi connectivity index (χ2n) is 10.6. The molecule has 1 aromatic heterocycles. The van der Waals surface area contributed by atoms with Crippen LogP contribution in [0.1, 0.15) is 78.3 Å². The van der Waals surface area contributed by atoms with Crippen LogP contribution in [0.25, 0.3) is 10.9 Å². The highest BCUT2D eigenvalue weighted by Crippen LogP contribution is 2.42. The summed E-state index contributed by atoms with van der Waals surface area (Å²) in [5.41, 5.74) is 2.95. The molecule has 3 heterocycles. The molecular weight excluding hydrogens is 496 g/mol. The van der Waals surface area contributed by atoms with Crippen LogP contribution in [-0.2, 0) is 0 Å². The predicted molar refractivity (Wildman–Crippen MR) is 147 cm³/mol. The summed E-state index contributed by atoms with van der Waals surface area (Å²) in [5, 5.41) is 11.6. The van der Waals surface area contributed by atoms with Crippen molar-refractivity contribution in [1.29, 1.82) is 0 Å². The van der Waals surface area contributed by atoms with Crippen molar-refractivity contribution in [3.05, 3.63) is 59.3 Å². The van der Waals surface area contributed by atoms with Gasteiger partial charge in [0, 0.05) is 49.1 Å². The summed E-state index contributed by atoms with van der Waals surface area (Å²) in [6, 6.07) is 11.9. The van der Waals surface area contributed by atoms with Crippen LogP contribution in [0.5, 0.6) is 11.5 Å². The minimum atomic E-state index is -0.611. The standard InChI is InChI=1S/C29H32N6O4/c1-3-38-27-16-20(15-24-22(27)8-11-35(24)21-5-6-21)28(37)34-12-9-29(10-13-34)17-25(36)23-14-19(4-7-26(23)39-29)18(2)31-33-32-30/h4,7-8,11,14-16,21H,3,5-6,9-10,12-13,17H2,1-2H3,(H2,30,33)/b31-18+. The molecule has 0 radical (unpaired) electrons. The number of benzene rings is 2. The van der Waals surface area contributed by atoms with Gasteiger partial charge < -0.3 is 24.8 Å². The van der Waals surface area contributed by atoms with E-state index in [2.05, 4.69) is 32.4 Å². The van der Waals surface area contributed by atoms with Crippen molar-refractivity contribution in [3.8, 4) is 11.5 Å². The van der Waals surface area contributed by atoms with E-state index in [1.165, 1.54) is 0 Å². The van der Waals surface area contributed by atoms with Gasteiger partial charge in [-0.3, -0.25) is 9.59 Å². The molecule has 2 aliphatic heterocycles. The van der Waals surface area contributed by atoms with Gasteiger partial charge in [-0.25, -0.2) is 0 Å². The number of carbonyl (C=O) groups is 2. The summed E-state index contributed by atoms with van der Waals surface area (Å²) in [5.74, 6) is 6.35. The SMILES string of the molecule is CCOc1cc(C(=O)N2CCC3(CC2)CC(=O)c2cc(/C(C)=N/N=N\N)ccc2O3)cc2c1ccn2C1CC1. The number of nitrogens with two attached hydrogens (primary N) is 1. The number of fused-ring (bicyclic) bond motifs is 2. The Morgan fingerprint density at radius 1 is 1.15 bits per heavy atom. The van der Waals surface area contributed by atoms with Crippen LogP contribution >= 0.6 is 0 Å². The van der Waals surface area contributed by atoms with Gasteiger partial charge in [0.1, 0.15) is 17.1 Å². The molecule has 1 spiro atoms. The Labute approximate surface area is 226 Å². The lowest BCUT2D eigenvalue weighted by molar-refractivity contribution is -0.00572. The fourth-order valence-electron chi connectivity index (χ4n) is 5.75. The number of ether oxygens (including phenoxy) is 2. The zero-order valence-corrected chi connectivity index (χ0v) is 22.2. The fraction of sp³-hybridized carbons (Fsp3) is 0.414. The van der Waals surface area contributed by atoms with Crippen molar-refractivity contribution in [2.24, 2.45) is 21.4 Å². The molecule has 1 saturated heterocycles. The summed E-state index contributed by atoms with van der Waals surface area (Å²) >= 11 is 0. The third-order valence-electron chi connectivity index (χ3n) is 8.00. The molecule has 1 saturated carbocycles. The zero-order chi connectivity index (χ0) is 27.1. The van der Waals surface area contributed by atoms with Crippen LogP contribution in [0.3, 0.4) is 0 Å². The van der Waals surface area contributed by atoms with Gasteiger partial charge in [-0.15, -0.1) is 5.10 Å². The molecule has 1 amide bonds. The zero-order valence-electron chi connectivity index (χ0n) is 22.2. The van der Waals surface area contributed by atoms with Gasteiger partial charge >= 0.3 is 0 Å². The van der Waals surface area contributed by atoms with Crippen molar-refractivity contribution in [2.45, 2.75) is 57.6 Å². The average Bonchev–Trinajstić information content (AvgIpc) is 3.70. The highest BCUT2D eigenvalue weighted by atomic mass is 16.5. The number of piperidine rings is 1. The van der Waals surface area contributed by atoms with Gasteiger partial charge in [0.25, 0.3) is 5.91 Å². The van der Waals surface area contributed by atoms with Crippen molar-refractivity contribution in [3.63, 3.8) is 0 Å². The van der Waals surface area contributed by atoms with E-state index in [-0.39, 0.29) is 18.1 Å². The van der Waals surface area contributed by atoms with E-state index < -0.39 is 5.60 Å². The topological polar surface area (TPSA) is 124 Å². The Morgan fingerprint density at radius 3 is 2.67 bits per heavy atom. The van der Waals surface area contributed by atoms with Crippen LogP contribution in [0.4, 0.5) is 0 Å². The van der Waals surface area contributed by atoms with Gasteiger partial charge in [-0.1, -0.05) is 5.22 Å². The molecule has 1 aliphatic carbocycles. The molecule has 3 aliphatic rings. The Morgan fingerprint density at radius 2 is 1.95 bits per heavy atom. The van der Waals surface area contributed by atoms with Crippen LogP contribution in [0.15, 0.2) is 58.1 Å². The van der Waals surface area contributed by atoms with Crippen molar-refractivity contribution >= 4 is 28.3 Å². The second kappa shape index (κ2) is 9.83. The van der Waals surface area contributed by atoms with Crippen molar-refractivity contribution in [2.75, 3.05) is 19.7 Å². The van der Waals surface area contributed by atoms with Gasteiger partial charge in [-0.05, 0) is 73.9 Å². The first-order chi connectivity index (χ1) is 18.9. The smallest absolute Gasteiger partial charge is 0.254 e. The number of hydrogen-bond acceptors (Lipinski definition) is 6. The van der Waals surface area contributed by atoms with Crippen molar-refractivity contribution < 1.29 is 19.1 Å². The molecule has 2 fully saturated rings. The number of rotatable bonds is 6. The van der Waals surface area contributed by atoms with Crippen LogP contribution in [0.2, 0.25) is 0 Å². The lowest BCUT2D eigenvalue weighted by Gasteiger charge is -2.44. The third-order valence-corrected chi connectivity index (χ3v) is 8.00. The lowest BCUT2D eigenvalue weighted by Crippen LogP contribution is -2.52. The van der Waals surface area contributed by atoms with E-state index in [1.54, 1.807) is 19.1 Å². The summed E-state index contributed by atoms with van der Waals surface area (Å²) in [4.78, 5) is 28.7. The van der Waals surface area contributed by atoms with Gasteiger partial charge in [0.05, 0.1) is 29.8 Å². The number of ketones is 1. The monoisotopic (exact) mass is 528 g/mol. The third kappa shape index (κ3) is 4.64. The van der Waals surface area contributed by atoms with E-state index in [0.29, 0.717) is 61.2 Å². The second-order valence-corrected chi connectivity index (χ2v) is 10.6. The van der Waals surface area contributed by atoms with E-state index in [9.17, 15) is 9.59 Å². The number of hydrogen-bond donors (Lipinski definition) is 1. The molecule has 10 heteroatoms. The first-order valence-corrected chi connectivity index (χ1v) is 13.5. The number of nitrogens with zero attached hydrogens (tertiary/aromatic N) is 5. The molecular formula is C29H32N6O4. The van der Waals surface area contributed by atoms with E-state index in [0.717, 1.165) is 35.1 Å².